The summed E-state index contributed by atoms with van der Waals surface area (Å²) in [6.07, 6.45) is 0. The number of halogens is 1. The highest BCUT2D eigenvalue weighted by Gasteiger charge is 2.09. The van der Waals surface area contributed by atoms with E-state index in [0.717, 1.165) is 11.1 Å². The Balaban J connectivity index is 1.70. The van der Waals surface area contributed by atoms with Gasteiger partial charge in [-0.2, -0.15) is 0 Å². The van der Waals surface area contributed by atoms with Crippen LogP contribution >= 0.6 is 0 Å². The molecule has 1 heterocycles. The van der Waals surface area contributed by atoms with Gasteiger partial charge in [-0.05, 0) is 43.7 Å². The minimum Gasteiger partial charge on any atom is -0.419 e. The maximum atomic E-state index is 13.7. The fourth-order valence-corrected chi connectivity index (χ4v) is 2.07. The molecule has 3 aromatic rings. The van der Waals surface area contributed by atoms with Crippen LogP contribution in [-0.4, -0.2) is 10.2 Å². The van der Waals surface area contributed by atoms with E-state index >= 15 is 0 Å². The number of nitrogens with one attached hydrogen (secondary N) is 1. The summed E-state index contributed by atoms with van der Waals surface area (Å²) in [6, 6.07) is 12.9. The molecule has 0 bridgehead atoms. The van der Waals surface area contributed by atoms with Crippen LogP contribution in [0, 0.1) is 19.7 Å². The predicted octanol–water partition coefficient (Wildman–Crippen LogP) is 4.10. The predicted molar refractivity (Wildman–Crippen MR) is 82.9 cm³/mol. The summed E-state index contributed by atoms with van der Waals surface area (Å²) >= 11 is 0. The van der Waals surface area contributed by atoms with Crippen LogP contribution in [0.25, 0.3) is 11.5 Å². The van der Waals surface area contributed by atoms with Crippen molar-refractivity contribution in [1.82, 2.24) is 10.2 Å². The highest BCUT2D eigenvalue weighted by atomic mass is 19.1. The zero-order chi connectivity index (χ0) is 15.5. The van der Waals surface area contributed by atoms with E-state index in [0.29, 0.717) is 17.5 Å². The first-order valence-corrected chi connectivity index (χ1v) is 7.01. The molecule has 1 N–H and O–H groups in total. The third kappa shape index (κ3) is 3.14. The molecule has 0 saturated heterocycles. The molecule has 0 aliphatic rings. The molecule has 0 saturated carbocycles. The summed E-state index contributed by atoms with van der Waals surface area (Å²) in [5.74, 6) is 0.579. The average Bonchev–Trinajstić information content (AvgIpc) is 2.96. The largest absolute Gasteiger partial charge is 0.419 e. The lowest BCUT2D eigenvalue weighted by atomic mass is 10.1. The van der Waals surface area contributed by atoms with Crippen LogP contribution in [0.3, 0.4) is 0 Å². The molecule has 1 aromatic heterocycles. The SMILES string of the molecule is Cc1ccc(-c2nnc(CNc3ccc(C)cc3F)o2)cc1. The van der Waals surface area contributed by atoms with E-state index in [1.807, 2.05) is 44.2 Å². The van der Waals surface area contributed by atoms with Crippen molar-refractivity contribution < 1.29 is 8.81 Å². The topological polar surface area (TPSA) is 51.0 Å². The van der Waals surface area contributed by atoms with E-state index in [-0.39, 0.29) is 12.4 Å². The van der Waals surface area contributed by atoms with Crippen LogP contribution < -0.4 is 5.32 Å². The van der Waals surface area contributed by atoms with Gasteiger partial charge in [-0.15, -0.1) is 10.2 Å². The smallest absolute Gasteiger partial charge is 0.247 e. The Morgan fingerprint density at radius 1 is 1.00 bits per heavy atom. The van der Waals surface area contributed by atoms with Crippen molar-refractivity contribution in [2.45, 2.75) is 20.4 Å². The normalized spacial score (nSPS) is 10.7. The molecule has 0 fully saturated rings. The number of aromatic nitrogens is 2. The van der Waals surface area contributed by atoms with Crippen molar-refractivity contribution in [1.29, 1.82) is 0 Å². The Hall–Kier alpha value is -2.69. The number of anilines is 1. The molecule has 0 spiro atoms. The number of rotatable bonds is 4. The van der Waals surface area contributed by atoms with Gasteiger partial charge in [0.2, 0.25) is 11.8 Å². The second kappa shape index (κ2) is 5.97. The number of aryl methyl sites for hydroxylation is 2. The quantitative estimate of drug-likeness (QED) is 0.787. The Morgan fingerprint density at radius 3 is 2.45 bits per heavy atom. The molecular formula is C17H16FN3O. The molecule has 112 valence electrons. The first kappa shape index (κ1) is 14.3. The molecule has 0 atom stereocenters. The minimum atomic E-state index is -0.293. The van der Waals surface area contributed by atoms with Crippen LogP contribution in [0.1, 0.15) is 17.0 Å². The summed E-state index contributed by atoms with van der Waals surface area (Å²) in [6.45, 7) is 4.14. The van der Waals surface area contributed by atoms with Gasteiger partial charge in [0.1, 0.15) is 5.82 Å². The van der Waals surface area contributed by atoms with Crippen LogP contribution in [0.4, 0.5) is 10.1 Å². The standard InChI is InChI=1S/C17H16FN3O/c1-11-3-6-13(7-4-11)17-21-20-16(22-17)10-19-15-8-5-12(2)9-14(15)18/h3-9,19H,10H2,1-2H3. The zero-order valence-corrected chi connectivity index (χ0v) is 12.4. The maximum absolute atomic E-state index is 13.7. The summed E-state index contributed by atoms with van der Waals surface area (Å²) < 4.78 is 19.3. The monoisotopic (exact) mass is 297 g/mol. The lowest BCUT2D eigenvalue weighted by Crippen LogP contribution is -2.01. The molecule has 0 unspecified atom stereocenters. The van der Waals surface area contributed by atoms with Gasteiger partial charge in [-0.3, -0.25) is 0 Å². The first-order valence-electron chi connectivity index (χ1n) is 7.01. The maximum Gasteiger partial charge on any atom is 0.247 e. The summed E-state index contributed by atoms with van der Waals surface area (Å²) in [7, 11) is 0. The van der Waals surface area contributed by atoms with E-state index in [4.69, 9.17) is 4.42 Å². The molecule has 22 heavy (non-hydrogen) atoms. The second-order valence-corrected chi connectivity index (χ2v) is 5.20. The Bertz CT molecular complexity index is 781. The van der Waals surface area contributed by atoms with Crippen molar-refractivity contribution in [2.24, 2.45) is 0 Å². The Morgan fingerprint density at radius 2 is 1.73 bits per heavy atom. The van der Waals surface area contributed by atoms with Crippen molar-refractivity contribution in [3.8, 4) is 11.5 Å². The highest BCUT2D eigenvalue weighted by molar-refractivity contribution is 5.53. The number of hydrogen-bond acceptors (Lipinski definition) is 4. The van der Waals surface area contributed by atoms with Crippen LogP contribution in [0.2, 0.25) is 0 Å². The molecule has 3 rings (SSSR count). The van der Waals surface area contributed by atoms with E-state index in [1.54, 1.807) is 6.07 Å². The lowest BCUT2D eigenvalue weighted by Gasteiger charge is -2.05. The third-order valence-corrected chi connectivity index (χ3v) is 3.32. The van der Waals surface area contributed by atoms with E-state index in [9.17, 15) is 4.39 Å². The van der Waals surface area contributed by atoms with Gasteiger partial charge in [0, 0.05) is 5.56 Å². The van der Waals surface area contributed by atoms with Gasteiger partial charge >= 0.3 is 0 Å². The molecule has 0 radical (unpaired) electrons. The van der Waals surface area contributed by atoms with E-state index < -0.39 is 0 Å². The molecule has 4 nitrogen and oxygen atoms in total. The zero-order valence-electron chi connectivity index (χ0n) is 12.4. The van der Waals surface area contributed by atoms with Crippen molar-refractivity contribution in [2.75, 3.05) is 5.32 Å². The van der Waals surface area contributed by atoms with Gasteiger partial charge in [-0.25, -0.2) is 4.39 Å². The van der Waals surface area contributed by atoms with Crippen LogP contribution in [-0.2, 0) is 6.54 Å². The first-order chi connectivity index (χ1) is 10.6. The third-order valence-electron chi connectivity index (χ3n) is 3.32. The van der Waals surface area contributed by atoms with Crippen LogP contribution in [0.5, 0.6) is 0 Å². The average molecular weight is 297 g/mol. The van der Waals surface area contributed by atoms with Crippen molar-refractivity contribution in [3.63, 3.8) is 0 Å². The van der Waals surface area contributed by atoms with E-state index in [1.165, 1.54) is 11.6 Å². The minimum absolute atomic E-state index is 0.277. The van der Waals surface area contributed by atoms with Gasteiger partial charge in [0.25, 0.3) is 0 Å². The molecule has 5 heteroatoms. The Labute approximate surface area is 128 Å². The Kier molecular flexibility index (Phi) is 3.87. The number of benzene rings is 2. The summed E-state index contributed by atoms with van der Waals surface area (Å²) in [5.41, 5.74) is 3.33. The second-order valence-electron chi connectivity index (χ2n) is 5.20. The van der Waals surface area contributed by atoms with Crippen LogP contribution in [0.15, 0.2) is 46.9 Å². The van der Waals surface area contributed by atoms with Gasteiger partial charge < -0.3 is 9.73 Å². The molecular weight excluding hydrogens is 281 g/mol. The lowest BCUT2D eigenvalue weighted by molar-refractivity contribution is 0.514. The molecule has 0 aliphatic heterocycles. The van der Waals surface area contributed by atoms with Crippen molar-refractivity contribution >= 4 is 5.69 Å². The van der Waals surface area contributed by atoms with Gasteiger partial charge in [0.15, 0.2) is 0 Å². The highest BCUT2D eigenvalue weighted by Crippen LogP contribution is 2.20. The van der Waals surface area contributed by atoms with Crippen molar-refractivity contribution in [3.05, 3.63) is 65.3 Å². The summed E-state index contributed by atoms with van der Waals surface area (Å²) in [5, 5.41) is 10.9. The van der Waals surface area contributed by atoms with Gasteiger partial charge in [0.05, 0.1) is 12.2 Å². The van der Waals surface area contributed by atoms with Gasteiger partial charge in [-0.1, -0.05) is 23.8 Å². The summed E-state index contributed by atoms with van der Waals surface area (Å²) in [4.78, 5) is 0. The fraction of sp³-hybridized carbons (Fsp3) is 0.176. The fourth-order valence-electron chi connectivity index (χ4n) is 2.07. The number of nitrogens with zero attached hydrogens (tertiary/aromatic N) is 2. The molecule has 0 amide bonds. The number of hydrogen-bond donors (Lipinski definition) is 1. The molecule has 2 aromatic carbocycles. The van der Waals surface area contributed by atoms with E-state index in [2.05, 4.69) is 15.5 Å². The molecule has 0 aliphatic carbocycles.